The van der Waals surface area contributed by atoms with Crippen LogP contribution in [0.1, 0.15) is 0 Å². The number of ether oxygens (including phenoxy) is 1. The largest absolute Gasteiger partial charge is 0.481 e. The summed E-state index contributed by atoms with van der Waals surface area (Å²) in [5.41, 5.74) is 2.32. The van der Waals surface area contributed by atoms with Gasteiger partial charge in [0, 0.05) is 60.8 Å². The van der Waals surface area contributed by atoms with Gasteiger partial charge in [0.15, 0.2) is 0 Å². The fraction of sp³-hybridized carbons (Fsp3) is 0.273. The van der Waals surface area contributed by atoms with Crippen molar-refractivity contribution >= 4 is 23.6 Å². The number of halogens is 1. The van der Waals surface area contributed by atoms with Gasteiger partial charge in [-0.15, -0.1) is 0 Å². The van der Waals surface area contributed by atoms with Gasteiger partial charge >= 0.3 is 6.09 Å². The Kier molecular flexibility index (Phi) is 6.27. The van der Waals surface area contributed by atoms with Crippen LogP contribution in [0.3, 0.4) is 0 Å². The van der Waals surface area contributed by atoms with Crippen molar-refractivity contribution in [1.82, 2.24) is 24.3 Å². The summed E-state index contributed by atoms with van der Waals surface area (Å²) < 4.78 is 6.92. The van der Waals surface area contributed by atoms with Crippen LogP contribution >= 0.6 is 11.6 Å². The number of benzene rings is 1. The second-order valence-corrected chi connectivity index (χ2v) is 7.76. The van der Waals surface area contributed by atoms with Crippen LogP contribution in [0.2, 0.25) is 5.02 Å². The number of aromatic nitrogens is 3. The summed E-state index contributed by atoms with van der Waals surface area (Å²) in [5.74, 6) is 0.984. The van der Waals surface area contributed by atoms with Gasteiger partial charge in [0.05, 0.1) is 12.8 Å². The smallest absolute Gasteiger partial charge is 0.407 e. The van der Waals surface area contributed by atoms with Crippen LogP contribution in [0.25, 0.3) is 22.6 Å². The summed E-state index contributed by atoms with van der Waals surface area (Å²) >= 11 is 6.01. The van der Waals surface area contributed by atoms with Crippen LogP contribution in [0.5, 0.6) is 5.88 Å². The van der Waals surface area contributed by atoms with E-state index in [1.54, 1.807) is 41.0 Å². The van der Waals surface area contributed by atoms with Gasteiger partial charge in [-0.05, 0) is 18.2 Å². The van der Waals surface area contributed by atoms with Crippen LogP contribution in [-0.2, 0) is 11.3 Å². The van der Waals surface area contributed by atoms with E-state index >= 15 is 0 Å². The average Bonchev–Trinajstić information content (AvgIpc) is 3.23. The highest BCUT2D eigenvalue weighted by Gasteiger charge is 2.25. The third-order valence-corrected chi connectivity index (χ3v) is 5.58. The third kappa shape index (κ3) is 4.67. The molecule has 1 fully saturated rings. The fourth-order valence-electron chi connectivity index (χ4n) is 3.55. The van der Waals surface area contributed by atoms with Crippen molar-refractivity contribution in [2.75, 3.05) is 33.3 Å². The molecule has 0 saturated carbocycles. The van der Waals surface area contributed by atoms with Gasteiger partial charge in [-0.1, -0.05) is 23.7 Å². The number of methoxy groups -OCH3 is 1. The summed E-state index contributed by atoms with van der Waals surface area (Å²) in [6.07, 6.45) is 2.52. The minimum atomic E-state index is -0.964. The number of rotatable bonds is 5. The SMILES string of the molecule is COc1ccc(-c2nc(-c3ccc(Cl)cc3)cn2CC(=O)N2CCN(C(=O)O)CC2)cn1. The number of hydrogen-bond donors (Lipinski definition) is 1. The highest BCUT2D eigenvalue weighted by atomic mass is 35.5. The second-order valence-electron chi connectivity index (χ2n) is 7.32. The minimum absolute atomic E-state index is 0.0784. The molecule has 0 atom stereocenters. The molecule has 4 rings (SSSR count). The van der Waals surface area contributed by atoms with E-state index in [2.05, 4.69) is 4.98 Å². The van der Waals surface area contributed by atoms with Crippen molar-refractivity contribution in [2.45, 2.75) is 6.54 Å². The average molecular weight is 456 g/mol. The van der Waals surface area contributed by atoms with Crippen molar-refractivity contribution in [1.29, 1.82) is 0 Å². The quantitative estimate of drug-likeness (QED) is 0.634. The van der Waals surface area contributed by atoms with Crippen LogP contribution in [0, 0.1) is 0 Å². The van der Waals surface area contributed by atoms with Gasteiger partial charge in [0.1, 0.15) is 12.4 Å². The molecule has 9 nitrogen and oxygen atoms in total. The van der Waals surface area contributed by atoms with Gasteiger partial charge in [-0.3, -0.25) is 4.79 Å². The molecule has 1 aromatic carbocycles. The van der Waals surface area contributed by atoms with Crippen molar-refractivity contribution in [3.05, 3.63) is 53.8 Å². The Bertz CT molecular complexity index is 1110. The van der Waals surface area contributed by atoms with E-state index in [0.717, 1.165) is 11.1 Å². The molecule has 1 aliphatic rings. The molecule has 10 heteroatoms. The maximum Gasteiger partial charge on any atom is 0.407 e. The molecule has 32 heavy (non-hydrogen) atoms. The van der Waals surface area contributed by atoms with E-state index in [1.165, 1.54) is 4.90 Å². The first-order chi connectivity index (χ1) is 15.4. The van der Waals surface area contributed by atoms with Crippen molar-refractivity contribution in [3.63, 3.8) is 0 Å². The van der Waals surface area contributed by atoms with E-state index < -0.39 is 6.09 Å². The number of carboxylic acid groups (broad SMARTS) is 1. The first kappa shape index (κ1) is 21.6. The number of imidazole rings is 1. The molecular formula is C22H22ClN5O4. The summed E-state index contributed by atoms with van der Waals surface area (Å²) in [7, 11) is 1.55. The summed E-state index contributed by atoms with van der Waals surface area (Å²) in [6.45, 7) is 1.41. The summed E-state index contributed by atoms with van der Waals surface area (Å²) in [4.78, 5) is 36.1. The molecule has 1 aliphatic heterocycles. The van der Waals surface area contributed by atoms with Crippen molar-refractivity contribution in [3.8, 4) is 28.5 Å². The van der Waals surface area contributed by atoms with Crippen LogP contribution in [0.15, 0.2) is 48.8 Å². The first-order valence-electron chi connectivity index (χ1n) is 10.0. The van der Waals surface area contributed by atoms with Crippen LogP contribution < -0.4 is 4.74 Å². The minimum Gasteiger partial charge on any atom is -0.481 e. The van der Waals surface area contributed by atoms with Crippen molar-refractivity contribution in [2.24, 2.45) is 0 Å². The molecule has 3 heterocycles. The Morgan fingerprint density at radius 3 is 2.28 bits per heavy atom. The molecule has 1 N–H and O–H groups in total. The van der Waals surface area contributed by atoms with Crippen LogP contribution in [0.4, 0.5) is 4.79 Å². The molecule has 2 aromatic heterocycles. The zero-order valence-electron chi connectivity index (χ0n) is 17.4. The predicted molar refractivity (Wildman–Crippen MR) is 119 cm³/mol. The number of carbonyl (C=O) groups is 2. The lowest BCUT2D eigenvalue weighted by atomic mass is 10.2. The molecular weight excluding hydrogens is 434 g/mol. The lowest BCUT2D eigenvalue weighted by molar-refractivity contribution is -0.133. The summed E-state index contributed by atoms with van der Waals surface area (Å²) in [5, 5.41) is 9.74. The third-order valence-electron chi connectivity index (χ3n) is 5.33. The Labute approximate surface area is 189 Å². The normalized spacial score (nSPS) is 13.8. The molecule has 166 valence electrons. The zero-order chi connectivity index (χ0) is 22.7. The maximum absolute atomic E-state index is 13.0. The van der Waals surface area contributed by atoms with Gasteiger partial charge in [0.25, 0.3) is 0 Å². The number of piperazine rings is 1. The Balaban J connectivity index is 1.61. The summed E-state index contributed by atoms with van der Waals surface area (Å²) in [6, 6.07) is 10.9. The number of amides is 2. The van der Waals surface area contributed by atoms with Crippen LogP contribution in [-0.4, -0.2) is 74.7 Å². The van der Waals surface area contributed by atoms with Crippen molar-refractivity contribution < 1.29 is 19.4 Å². The highest BCUT2D eigenvalue weighted by molar-refractivity contribution is 6.30. The molecule has 0 bridgehead atoms. The standard InChI is InChI=1S/C22H22ClN5O4/c1-32-19-7-4-16(12-24-19)21-25-18(15-2-5-17(23)6-3-15)13-28(21)14-20(29)26-8-10-27(11-9-26)22(30)31/h2-7,12-13H,8-11,14H2,1H3,(H,30,31). The van der Waals surface area contributed by atoms with Gasteiger partial charge in [-0.25, -0.2) is 14.8 Å². The predicted octanol–water partition coefficient (Wildman–Crippen LogP) is 3.10. The molecule has 0 aliphatic carbocycles. The van der Waals surface area contributed by atoms with E-state index in [4.69, 9.17) is 26.4 Å². The zero-order valence-corrected chi connectivity index (χ0v) is 18.2. The lowest BCUT2D eigenvalue weighted by Crippen LogP contribution is -2.50. The van der Waals surface area contributed by atoms with E-state index in [0.29, 0.717) is 48.6 Å². The monoisotopic (exact) mass is 455 g/mol. The first-order valence-corrected chi connectivity index (χ1v) is 10.4. The topological polar surface area (TPSA) is 101 Å². The Morgan fingerprint density at radius 2 is 1.69 bits per heavy atom. The Hall–Kier alpha value is -3.59. The fourth-order valence-corrected chi connectivity index (χ4v) is 3.68. The molecule has 0 radical (unpaired) electrons. The van der Waals surface area contributed by atoms with E-state index in [9.17, 15) is 9.59 Å². The molecule has 0 unspecified atom stereocenters. The maximum atomic E-state index is 13.0. The van der Waals surface area contributed by atoms with Gasteiger partial charge in [0.2, 0.25) is 11.8 Å². The lowest BCUT2D eigenvalue weighted by Gasteiger charge is -2.33. The molecule has 1 saturated heterocycles. The van der Waals surface area contributed by atoms with Gasteiger partial charge < -0.3 is 24.2 Å². The van der Waals surface area contributed by atoms with Gasteiger partial charge in [-0.2, -0.15) is 0 Å². The molecule has 3 aromatic rings. The molecule has 2 amide bonds. The van der Waals surface area contributed by atoms with E-state index in [-0.39, 0.29) is 12.5 Å². The number of hydrogen-bond acceptors (Lipinski definition) is 5. The number of pyridine rings is 1. The van der Waals surface area contributed by atoms with E-state index in [1.807, 2.05) is 24.4 Å². The number of nitrogens with zero attached hydrogens (tertiary/aromatic N) is 5. The highest BCUT2D eigenvalue weighted by Crippen LogP contribution is 2.26. The number of carbonyl (C=O) groups excluding carboxylic acids is 1. The second kappa shape index (κ2) is 9.27. The Morgan fingerprint density at radius 1 is 1.03 bits per heavy atom. The molecule has 0 spiro atoms.